The molecule has 0 N–H and O–H groups in total. The fourth-order valence-corrected chi connectivity index (χ4v) is 3.47. The molecule has 1 atom stereocenters. The van der Waals surface area contributed by atoms with Gasteiger partial charge in [0.25, 0.3) is 0 Å². The lowest BCUT2D eigenvalue weighted by molar-refractivity contribution is 0.0813. The molecule has 0 spiro atoms. The molecule has 1 aliphatic heterocycles. The summed E-state index contributed by atoms with van der Waals surface area (Å²) in [5, 5.41) is 0.972. The average Bonchev–Trinajstić information content (AvgIpc) is 2.39. The third-order valence-corrected chi connectivity index (χ3v) is 9.15. The zero-order valence-electron chi connectivity index (χ0n) is 14.1. The standard InChI is InChI=1S/C18H26ClNOSi/c1-18(2,3)22(4,5)21-17-11-6-7-12-20(17)14-15-9-8-10-16(19)13-15/h6-13,17H,14H2,1-5H3. The van der Waals surface area contributed by atoms with Gasteiger partial charge in [0.05, 0.1) is 0 Å². The summed E-state index contributed by atoms with van der Waals surface area (Å²) in [5.41, 5.74) is 1.19. The van der Waals surface area contributed by atoms with E-state index < -0.39 is 8.32 Å². The highest BCUT2D eigenvalue weighted by atomic mass is 35.5. The summed E-state index contributed by atoms with van der Waals surface area (Å²) in [6.07, 6.45) is 8.33. The summed E-state index contributed by atoms with van der Waals surface area (Å²) in [6, 6.07) is 8.00. The van der Waals surface area contributed by atoms with Crippen molar-refractivity contribution in [2.75, 3.05) is 0 Å². The molecule has 1 aromatic carbocycles. The van der Waals surface area contributed by atoms with Crippen molar-refractivity contribution in [1.29, 1.82) is 0 Å². The van der Waals surface area contributed by atoms with Crippen molar-refractivity contribution in [3.05, 3.63) is 59.3 Å². The van der Waals surface area contributed by atoms with Crippen molar-refractivity contribution in [3.8, 4) is 0 Å². The highest BCUT2D eigenvalue weighted by Gasteiger charge is 2.39. The second-order valence-corrected chi connectivity index (χ2v) is 12.5. The number of nitrogens with zero attached hydrogens (tertiary/aromatic N) is 1. The first-order chi connectivity index (χ1) is 10.2. The zero-order valence-corrected chi connectivity index (χ0v) is 15.9. The number of halogens is 1. The predicted octanol–water partition coefficient (Wildman–Crippen LogP) is 5.57. The van der Waals surface area contributed by atoms with E-state index >= 15 is 0 Å². The van der Waals surface area contributed by atoms with E-state index in [0.29, 0.717) is 0 Å². The Morgan fingerprint density at radius 2 is 1.95 bits per heavy atom. The monoisotopic (exact) mass is 335 g/mol. The van der Waals surface area contributed by atoms with Gasteiger partial charge in [-0.2, -0.15) is 0 Å². The first-order valence-electron chi connectivity index (χ1n) is 7.72. The summed E-state index contributed by atoms with van der Waals surface area (Å²) in [7, 11) is -1.82. The van der Waals surface area contributed by atoms with Crippen LogP contribution in [0.2, 0.25) is 23.2 Å². The van der Waals surface area contributed by atoms with Crippen LogP contribution in [0, 0.1) is 0 Å². The minimum Gasteiger partial charge on any atom is -0.394 e. The van der Waals surface area contributed by atoms with Crippen molar-refractivity contribution < 1.29 is 4.43 Å². The minimum absolute atomic E-state index is 0.00938. The zero-order chi connectivity index (χ0) is 16.4. The summed E-state index contributed by atoms with van der Waals surface area (Å²) < 4.78 is 6.55. The summed E-state index contributed by atoms with van der Waals surface area (Å²) in [5.74, 6) is 0. The SMILES string of the molecule is CC(C)(C)[Si](C)(C)OC1C=CC=CN1Cc1cccc(Cl)c1. The van der Waals surface area contributed by atoms with E-state index in [-0.39, 0.29) is 11.3 Å². The molecule has 1 unspecified atom stereocenters. The van der Waals surface area contributed by atoms with Crippen molar-refractivity contribution in [3.63, 3.8) is 0 Å². The van der Waals surface area contributed by atoms with Gasteiger partial charge in [-0.3, -0.25) is 0 Å². The van der Waals surface area contributed by atoms with Gasteiger partial charge < -0.3 is 9.33 Å². The van der Waals surface area contributed by atoms with Crippen LogP contribution in [0.3, 0.4) is 0 Å². The number of hydrogen-bond donors (Lipinski definition) is 0. The maximum absolute atomic E-state index is 6.55. The summed E-state index contributed by atoms with van der Waals surface area (Å²) >= 11 is 6.09. The molecule has 0 radical (unpaired) electrons. The Hall–Kier alpha value is -1.03. The molecular formula is C18H26ClNOSi. The molecule has 2 rings (SSSR count). The van der Waals surface area contributed by atoms with Gasteiger partial charge in [0.2, 0.25) is 0 Å². The normalized spacial score (nSPS) is 18.8. The molecule has 0 amide bonds. The van der Waals surface area contributed by atoms with Crippen LogP contribution in [0.5, 0.6) is 0 Å². The van der Waals surface area contributed by atoms with Crippen molar-refractivity contribution in [2.45, 2.75) is 51.7 Å². The average molecular weight is 336 g/mol. The number of hydrogen-bond acceptors (Lipinski definition) is 2. The van der Waals surface area contributed by atoms with Crippen molar-refractivity contribution >= 4 is 19.9 Å². The molecule has 1 heterocycles. The number of rotatable bonds is 4. The van der Waals surface area contributed by atoms with E-state index in [0.717, 1.165) is 11.6 Å². The molecule has 120 valence electrons. The topological polar surface area (TPSA) is 12.5 Å². The molecule has 4 heteroatoms. The fraction of sp³-hybridized carbons (Fsp3) is 0.444. The molecule has 0 saturated heterocycles. The van der Waals surface area contributed by atoms with Crippen molar-refractivity contribution in [2.24, 2.45) is 0 Å². The third kappa shape index (κ3) is 4.25. The molecule has 1 aromatic rings. The van der Waals surface area contributed by atoms with Gasteiger partial charge in [-0.1, -0.05) is 50.6 Å². The molecule has 0 aromatic heterocycles. The second-order valence-electron chi connectivity index (χ2n) is 7.30. The Balaban J connectivity index is 2.13. The lowest BCUT2D eigenvalue weighted by Crippen LogP contribution is -2.47. The third-order valence-electron chi connectivity index (χ3n) is 4.47. The molecule has 0 saturated carbocycles. The van der Waals surface area contributed by atoms with E-state index in [1.54, 1.807) is 0 Å². The highest BCUT2D eigenvalue weighted by Crippen LogP contribution is 2.38. The Morgan fingerprint density at radius 1 is 1.23 bits per heavy atom. The number of allylic oxidation sites excluding steroid dienone is 2. The van der Waals surface area contributed by atoms with Crippen LogP contribution in [0.25, 0.3) is 0 Å². The van der Waals surface area contributed by atoms with Gasteiger partial charge in [0.1, 0.15) is 6.23 Å². The Kier molecular flexibility index (Phi) is 5.20. The molecule has 0 fully saturated rings. The lowest BCUT2D eigenvalue weighted by Gasteiger charge is -2.42. The molecule has 0 bridgehead atoms. The molecule has 1 aliphatic rings. The van der Waals surface area contributed by atoms with E-state index in [4.69, 9.17) is 16.0 Å². The van der Waals surface area contributed by atoms with Crippen LogP contribution in [-0.4, -0.2) is 19.4 Å². The van der Waals surface area contributed by atoms with Gasteiger partial charge in [0, 0.05) is 17.8 Å². The second kappa shape index (κ2) is 6.61. The Labute approximate surface area is 140 Å². The maximum atomic E-state index is 6.55. The first-order valence-corrected chi connectivity index (χ1v) is 11.0. The van der Waals surface area contributed by atoms with E-state index in [9.17, 15) is 0 Å². The van der Waals surface area contributed by atoms with Crippen LogP contribution in [0.15, 0.2) is 48.7 Å². The smallest absolute Gasteiger partial charge is 0.195 e. The van der Waals surface area contributed by atoms with E-state index in [1.807, 2.05) is 18.2 Å². The molecule has 22 heavy (non-hydrogen) atoms. The highest BCUT2D eigenvalue weighted by molar-refractivity contribution is 6.74. The maximum Gasteiger partial charge on any atom is 0.195 e. The van der Waals surface area contributed by atoms with Crippen LogP contribution in [0.4, 0.5) is 0 Å². The van der Waals surface area contributed by atoms with E-state index in [1.165, 1.54) is 5.56 Å². The van der Waals surface area contributed by atoms with Gasteiger partial charge in [-0.15, -0.1) is 0 Å². The quantitative estimate of drug-likeness (QED) is 0.666. The van der Waals surface area contributed by atoms with Crippen molar-refractivity contribution in [1.82, 2.24) is 4.90 Å². The van der Waals surface area contributed by atoms with E-state index in [2.05, 4.69) is 69.3 Å². The van der Waals surface area contributed by atoms with Crippen LogP contribution < -0.4 is 0 Å². The molecular weight excluding hydrogens is 310 g/mol. The van der Waals surface area contributed by atoms with Gasteiger partial charge >= 0.3 is 0 Å². The van der Waals surface area contributed by atoms with Crippen LogP contribution >= 0.6 is 11.6 Å². The van der Waals surface area contributed by atoms with Crippen LogP contribution in [-0.2, 0) is 11.0 Å². The minimum atomic E-state index is -1.82. The molecule has 2 nitrogen and oxygen atoms in total. The first kappa shape index (κ1) is 17.3. The van der Waals surface area contributed by atoms with Gasteiger partial charge in [-0.05, 0) is 48.0 Å². The largest absolute Gasteiger partial charge is 0.394 e. The van der Waals surface area contributed by atoms with Gasteiger partial charge in [-0.25, -0.2) is 0 Å². The Bertz CT molecular complexity index is 575. The van der Waals surface area contributed by atoms with Crippen LogP contribution in [0.1, 0.15) is 26.3 Å². The number of benzene rings is 1. The predicted molar refractivity (Wildman–Crippen MR) is 97.3 cm³/mol. The lowest BCUT2D eigenvalue weighted by atomic mass is 10.2. The summed E-state index contributed by atoms with van der Waals surface area (Å²) in [6.45, 7) is 12.2. The summed E-state index contributed by atoms with van der Waals surface area (Å²) in [4.78, 5) is 2.23. The molecule has 0 aliphatic carbocycles. The van der Waals surface area contributed by atoms with Gasteiger partial charge in [0.15, 0.2) is 8.32 Å². The Morgan fingerprint density at radius 3 is 2.59 bits per heavy atom. The fourth-order valence-electron chi connectivity index (χ4n) is 2.09.